The highest BCUT2D eigenvalue weighted by Crippen LogP contribution is 2.19. The lowest BCUT2D eigenvalue weighted by atomic mass is 10.1. The van der Waals surface area contributed by atoms with Crippen molar-refractivity contribution in [1.29, 1.82) is 0 Å². The zero-order chi connectivity index (χ0) is 22.2. The van der Waals surface area contributed by atoms with Crippen LogP contribution in [0.1, 0.15) is 71.5 Å². The number of carbonyl (C=O) groups is 1. The molecule has 3 N–H and O–H groups in total. The van der Waals surface area contributed by atoms with Crippen LogP contribution in [0.25, 0.3) is 0 Å². The maximum absolute atomic E-state index is 11.3. The molecule has 178 valence electrons. The first-order chi connectivity index (χ1) is 14.5. The van der Waals surface area contributed by atoms with Crippen molar-refractivity contribution in [2.45, 2.75) is 72.0 Å². The fourth-order valence-electron chi connectivity index (χ4n) is 2.85. The van der Waals surface area contributed by atoms with Gasteiger partial charge in [-0.05, 0) is 58.2 Å². The van der Waals surface area contributed by atoms with E-state index in [0.29, 0.717) is 19.0 Å². The van der Waals surface area contributed by atoms with Crippen molar-refractivity contribution in [1.82, 2.24) is 10.6 Å². The van der Waals surface area contributed by atoms with Crippen LogP contribution in [-0.2, 0) is 9.53 Å². The Labute approximate surface area is 204 Å². The molecule has 0 amide bonds. The van der Waals surface area contributed by atoms with E-state index < -0.39 is 6.10 Å². The molecule has 0 radical (unpaired) electrons. The zero-order valence-corrected chi connectivity index (χ0v) is 21.7. The predicted molar refractivity (Wildman–Crippen MR) is 136 cm³/mol. The van der Waals surface area contributed by atoms with Gasteiger partial charge >= 0.3 is 5.97 Å². The monoisotopic (exact) mass is 549 g/mol. The van der Waals surface area contributed by atoms with Crippen molar-refractivity contribution < 1.29 is 19.4 Å². The summed E-state index contributed by atoms with van der Waals surface area (Å²) in [5, 5.41) is 16.9. The summed E-state index contributed by atoms with van der Waals surface area (Å²) in [6, 6.07) is 7.48. The lowest BCUT2D eigenvalue weighted by molar-refractivity contribution is -0.143. The van der Waals surface area contributed by atoms with Crippen LogP contribution in [0.2, 0.25) is 0 Å². The van der Waals surface area contributed by atoms with E-state index >= 15 is 0 Å². The van der Waals surface area contributed by atoms with Gasteiger partial charge in [0.1, 0.15) is 5.75 Å². The van der Waals surface area contributed by atoms with Gasteiger partial charge in [0.05, 0.1) is 25.4 Å². The number of nitrogens with one attached hydrogen (secondary N) is 2. The molecule has 0 saturated heterocycles. The van der Waals surface area contributed by atoms with Gasteiger partial charge in [0, 0.05) is 19.5 Å². The SMILES string of the molecule is CCNC(=NCC(O)c1ccc(OC(C)C)cc1)NCCCCCCC(=O)OCC.I. The van der Waals surface area contributed by atoms with Gasteiger partial charge in [0.15, 0.2) is 5.96 Å². The summed E-state index contributed by atoms with van der Waals surface area (Å²) in [6.45, 7) is 10.1. The summed E-state index contributed by atoms with van der Waals surface area (Å²) in [5.74, 6) is 1.38. The molecule has 31 heavy (non-hydrogen) atoms. The van der Waals surface area contributed by atoms with E-state index in [1.165, 1.54) is 0 Å². The second kappa shape index (κ2) is 18.1. The first-order valence-corrected chi connectivity index (χ1v) is 11.1. The molecule has 0 aliphatic carbocycles. The van der Waals surface area contributed by atoms with Gasteiger partial charge in [-0.1, -0.05) is 25.0 Å². The molecule has 0 aliphatic rings. The molecule has 1 rings (SSSR count). The van der Waals surface area contributed by atoms with E-state index in [-0.39, 0.29) is 42.6 Å². The Balaban J connectivity index is 0.00000900. The smallest absolute Gasteiger partial charge is 0.305 e. The van der Waals surface area contributed by atoms with Crippen molar-refractivity contribution in [2.75, 3.05) is 26.2 Å². The number of ether oxygens (including phenoxy) is 2. The molecule has 1 unspecified atom stereocenters. The average Bonchev–Trinajstić information content (AvgIpc) is 2.71. The van der Waals surface area contributed by atoms with Crippen molar-refractivity contribution >= 4 is 35.9 Å². The van der Waals surface area contributed by atoms with Gasteiger partial charge < -0.3 is 25.2 Å². The van der Waals surface area contributed by atoms with Gasteiger partial charge in [-0.3, -0.25) is 9.79 Å². The van der Waals surface area contributed by atoms with Crippen molar-refractivity contribution in [2.24, 2.45) is 4.99 Å². The number of carbonyl (C=O) groups excluding carboxylic acids is 1. The minimum Gasteiger partial charge on any atom is -0.491 e. The summed E-state index contributed by atoms with van der Waals surface area (Å²) in [4.78, 5) is 15.8. The van der Waals surface area contributed by atoms with Gasteiger partial charge in [-0.2, -0.15) is 0 Å². The number of benzene rings is 1. The second-order valence-electron chi connectivity index (χ2n) is 7.37. The quantitative estimate of drug-likeness (QED) is 0.106. The Bertz CT molecular complexity index is 624. The lowest BCUT2D eigenvalue weighted by Gasteiger charge is -2.14. The lowest BCUT2D eigenvalue weighted by Crippen LogP contribution is -2.38. The summed E-state index contributed by atoms with van der Waals surface area (Å²) >= 11 is 0. The second-order valence-corrected chi connectivity index (χ2v) is 7.37. The Morgan fingerprint density at radius 1 is 1.06 bits per heavy atom. The number of halogens is 1. The van der Waals surface area contributed by atoms with E-state index in [4.69, 9.17) is 9.47 Å². The number of hydrogen-bond acceptors (Lipinski definition) is 5. The van der Waals surface area contributed by atoms with Gasteiger partial charge in [0.25, 0.3) is 0 Å². The fourth-order valence-corrected chi connectivity index (χ4v) is 2.85. The van der Waals surface area contributed by atoms with Gasteiger partial charge in [0.2, 0.25) is 0 Å². The molecule has 0 bridgehead atoms. The van der Waals surface area contributed by atoms with Crippen LogP contribution in [0.15, 0.2) is 29.3 Å². The Kier molecular flexibility index (Phi) is 17.2. The van der Waals surface area contributed by atoms with E-state index in [0.717, 1.165) is 50.1 Å². The van der Waals surface area contributed by atoms with E-state index in [2.05, 4.69) is 15.6 Å². The molecule has 7 nitrogen and oxygen atoms in total. The molecule has 0 aromatic heterocycles. The maximum atomic E-state index is 11.3. The van der Waals surface area contributed by atoms with Crippen LogP contribution in [0.4, 0.5) is 0 Å². The third kappa shape index (κ3) is 14.2. The third-order valence-corrected chi connectivity index (χ3v) is 4.31. The number of unbranched alkanes of at least 4 members (excludes halogenated alkanes) is 3. The summed E-state index contributed by atoms with van der Waals surface area (Å²) in [7, 11) is 0. The average molecular weight is 549 g/mol. The number of hydrogen-bond donors (Lipinski definition) is 3. The predicted octanol–water partition coefficient (Wildman–Crippen LogP) is 4.19. The molecule has 1 aromatic rings. The molecule has 0 saturated carbocycles. The van der Waals surface area contributed by atoms with Crippen molar-refractivity contribution in [3.05, 3.63) is 29.8 Å². The molecular formula is C23H40IN3O4. The Morgan fingerprint density at radius 3 is 2.35 bits per heavy atom. The van der Waals surface area contributed by atoms with Gasteiger partial charge in [-0.15, -0.1) is 24.0 Å². The number of rotatable bonds is 14. The molecule has 0 aliphatic heterocycles. The fraction of sp³-hybridized carbons (Fsp3) is 0.652. The number of nitrogens with zero attached hydrogens (tertiary/aromatic N) is 1. The molecule has 0 fully saturated rings. The first kappa shape index (κ1) is 29.5. The summed E-state index contributed by atoms with van der Waals surface area (Å²) in [6.07, 6.45) is 3.84. The Hall–Kier alpha value is -1.55. The highest BCUT2D eigenvalue weighted by molar-refractivity contribution is 14.0. The van der Waals surface area contributed by atoms with Crippen molar-refractivity contribution in [3.8, 4) is 5.75 Å². The van der Waals surface area contributed by atoms with E-state index in [1.54, 1.807) is 0 Å². The first-order valence-electron chi connectivity index (χ1n) is 11.1. The molecule has 0 spiro atoms. The van der Waals surface area contributed by atoms with E-state index in [9.17, 15) is 9.90 Å². The normalized spacial score (nSPS) is 12.1. The molecular weight excluding hydrogens is 509 g/mol. The molecule has 1 atom stereocenters. The van der Waals surface area contributed by atoms with Crippen LogP contribution in [0, 0.1) is 0 Å². The van der Waals surface area contributed by atoms with Crippen LogP contribution in [-0.4, -0.2) is 49.4 Å². The largest absolute Gasteiger partial charge is 0.491 e. The highest BCUT2D eigenvalue weighted by atomic mass is 127. The van der Waals surface area contributed by atoms with Crippen molar-refractivity contribution in [3.63, 3.8) is 0 Å². The third-order valence-electron chi connectivity index (χ3n) is 4.31. The topological polar surface area (TPSA) is 92.2 Å². The molecule has 0 heterocycles. The van der Waals surface area contributed by atoms with Crippen LogP contribution < -0.4 is 15.4 Å². The summed E-state index contributed by atoms with van der Waals surface area (Å²) in [5.41, 5.74) is 0.812. The number of aliphatic imine (C=N–C) groups is 1. The Morgan fingerprint density at radius 2 is 1.74 bits per heavy atom. The number of aliphatic hydroxyl groups excluding tert-OH is 1. The number of esters is 1. The summed E-state index contributed by atoms with van der Waals surface area (Å²) < 4.78 is 10.6. The standard InChI is InChI=1S/C23H39N3O4.HI/c1-5-24-23(25-16-10-8-7-9-11-22(28)29-6-2)26-17-21(27)19-12-14-20(15-13-19)30-18(3)4;/h12-15,18,21,27H,5-11,16-17H2,1-4H3,(H2,24,25,26);1H. The van der Waals surface area contributed by atoms with Gasteiger partial charge in [-0.25, -0.2) is 0 Å². The number of aliphatic hydroxyl groups is 1. The highest BCUT2D eigenvalue weighted by Gasteiger charge is 2.08. The maximum Gasteiger partial charge on any atom is 0.305 e. The minimum absolute atomic E-state index is 0. The van der Waals surface area contributed by atoms with Crippen LogP contribution in [0.5, 0.6) is 5.75 Å². The number of guanidine groups is 1. The zero-order valence-electron chi connectivity index (χ0n) is 19.4. The minimum atomic E-state index is -0.670. The van der Waals surface area contributed by atoms with Crippen LogP contribution in [0.3, 0.4) is 0 Å². The molecule has 1 aromatic carbocycles. The molecule has 8 heteroatoms. The van der Waals surface area contributed by atoms with E-state index in [1.807, 2.05) is 52.0 Å². The van der Waals surface area contributed by atoms with Crippen LogP contribution >= 0.6 is 24.0 Å².